The average molecular weight is 301 g/mol. The monoisotopic (exact) mass is 300 g/mol. The third-order valence-corrected chi connectivity index (χ3v) is 2.88. The van der Waals surface area contributed by atoms with E-state index < -0.39 is 0 Å². The van der Waals surface area contributed by atoms with Gasteiger partial charge in [0.05, 0.1) is 13.7 Å². The molecule has 0 aliphatic carbocycles. The van der Waals surface area contributed by atoms with Crippen LogP contribution in [0.5, 0.6) is 5.75 Å². The van der Waals surface area contributed by atoms with E-state index in [4.69, 9.17) is 4.74 Å². The fourth-order valence-corrected chi connectivity index (χ4v) is 2.30. The molecule has 94 valence electrons. The molecule has 0 saturated carbocycles. The zero-order chi connectivity index (χ0) is 12.8. The van der Waals surface area contributed by atoms with Gasteiger partial charge in [-0.15, -0.1) is 0 Å². The molecule has 0 fully saturated rings. The number of hydrogen-bond donors (Lipinski definition) is 0. The molecular weight excluding hydrogens is 284 g/mol. The fourth-order valence-electron chi connectivity index (χ4n) is 1.62. The lowest BCUT2D eigenvalue weighted by atomic mass is 10.1. The molecule has 0 aliphatic rings. The number of carbonyl (C=O) groups is 1. The number of aryl methyl sites for hydroxylation is 2. The highest BCUT2D eigenvalue weighted by molar-refractivity contribution is 9.10. The number of ether oxygens (including phenoxy) is 2. The number of rotatable bonds is 5. The minimum Gasteiger partial charge on any atom is -0.493 e. The number of halogens is 1. The molecule has 0 spiro atoms. The second kappa shape index (κ2) is 6.64. The van der Waals surface area contributed by atoms with E-state index in [0.29, 0.717) is 19.4 Å². The SMILES string of the molecule is COC(=O)CCCOc1c(C)cc(Br)cc1C. The van der Waals surface area contributed by atoms with E-state index in [9.17, 15) is 4.79 Å². The van der Waals surface area contributed by atoms with Crippen LogP contribution in [0.4, 0.5) is 0 Å². The molecule has 0 unspecified atom stereocenters. The van der Waals surface area contributed by atoms with Crippen molar-refractivity contribution < 1.29 is 14.3 Å². The Balaban J connectivity index is 2.50. The molecule has 4 heteroatoms. The van der Waals surface area contributed by atoms with Crippen LogP contribution >= 0.6 is 15.9 Å². The molecule has 0 bridgehead atoms. The van der Waals surface area contributed by atoms with Crippen molar-refractivity contribution in [3.05, 3.63) is 27.7 Å². The zero-order valence-corrected chi connectivity index (χ0v) is 12.0. The Morgan fingerprint density at radius 1 is 1.29 bits per heavy atom. The smallest absolute Gasteiger partial charge is 0.305 e. The summed E-state index contributed by atoms with van der Waals surface area (Å²) in [5.74, 6) is 0.705. The Morgan fingerprint density at radius 2 is 1.88 bits per heavy atom. The first-order chi connectivity index (χ1) is 8.04. The first-order valence-corrected chi connectivity index (χ1v) is 6.30. The van der Waals surface area contributed by atoms with Crippen LogP contribution in [-0.2, 0) is 9.53 Å². The second-order valence-corrected chi connectivity index (χ2v) is 4.81. The van der Waals surface area contributed by atoms with E-state index in [1.165, 1.54) is 7.11 Å². The van der Waals surface area contributed by atoms with Crippen LogP contribution in [0.1, 0.15) is 24.0 Å². The van der Waals surface area contributed by atoms with Gasteiger partial charge in [-0.2, -0.15) is 0 Å². The van der Waals surface area contributed by atoms with Crippen LogP contribution in [0.25, 0.3) is 0 Å². The van der Waals surface area contributed by atoms with Crippen LogP contribution in [0.3, 0.4) is 0 Å². The van der Waals surface area contributed by atoms with Crippen molar-refractivity contribution in [3.8, 4) is 5.75 Å². The van der Waals surface area contributed by atoms with Crippen molar-refractivity contribution in [1.82, 2.24) is 0 Å². The van der Waals surface area contributed by atoms with E-state index in [-0.39, 0.29) is 5.97 Å². The minimum atomic E-state index is -0.196. The fraction of sp³-hybridized carbons (Fsp3) is 0.462. The molecule has 0 saturated heterocycles. The summed E-state index contributed by atoms with van der Waals surface area (Å²) in [4.78, 5) is 10.9. The molecule has 17 heavy (non-hydrogen) atoms. The minimum absolute atomic E-state index is 0.196. The van der Waals surface area contributed by atoms with Crippen LogP contribution in [0, 0.1) is 13.8 Å². The highest BCUT2D eigenvalue weighted by Crippen LogP contribution is 2.27. The Kier molecular flexibility index (Phi) is 5.48. The van der Waals surface area contributed by atoms with Crippen LogP contribution < -0.4 is 4.74 Å². The maximum Gasteiger partial charge on any atom is 0.305 e. The van der Waals surface area contributed by atoms with Gasteiger partial charge < -0.3 is 9.47 Å². The lowest BCUT2D eigenvalue weighted by Gasteiger charge is -2.12. The summed E-state index contributed by atoms with van der Waals surface area (Å²) in [6.45, 7) is 4.54. The quantitative estimate of drug-likeness (QED) is 0.617. The first-order valence-electron chi connectivity index (χ1n) is 5.51. The molecule has 1 rings (SSSR count). The van der Waals surface area contributed by atoms with E-state index in [1.807, 2.05) is 26.0 Å². The molecule has 3 nitrogen and oxygen atoms in total. The van der Waals surface area contributed by atoms with Crippen molar-refractivity contribution >= 4 is 21.9 Å². The van der Waals surface area contributed by atoms with Gasteiger partial charge in [-0.25, -0.2) is 0 Å². The van der Waals surface area contributed by atoms with Crippen LogP contribution in [0.2, 0.25) is 0 Å². The predicted molar refractivity (Wildman–Crippen MR) is 70.4 cm³/mol. The van der Waals surface area contributed by atoms with Gasteiger partial charge in [-0.1, -0.05) is 15.9 Å². The molecule has 1 aromatic carbocycles. The number of esters is 1. The molecule has 0 heterocycles. The van der Waals surface area contributed by atoms with E-state index >= 15 is 0 Å². The maximum absolute atomic E-state index is 10.9. The Hall–Kier alpha value is -1.03. The standard InChI is InChI=1S/C13H17BrO3/c1-9-7-11(14)8-10(2)13(9)17-6-4-5-12(15)16-3/h7-8H,4-6H2,1-3H3. The van der Waals surface area contributed by atoms with Gasteiger partial charge >= 0.3 is 5.97 Å². The third-order valence-electron chi connectivity index (χ3n) is 2.42. The Labute approximate surface area is 110 Å². The van der Waals surface area contributed by atoms with Gasteiger partial charge in [-0.3, -0.25) is 4.79 Å². The molecule has 0 radical (unpaired) electrons. The van der Waals surface area contributed by atoms with Gasteiger partial charge in [0, 0.05) is 10.9 Å². The van der Waals surface area contributed by atoms with Crippen molar-refractivity contribution in [2.24, 2.45) is 0 Å². The van der Waals surface area contributed by atoms with Crippen molar-refractivity contribution in [1.29, 1.82) is 0 Å². The van der Waals surface area contributed by atoms with Gasteiger partial charge in [-0.05, 0) is 43.5 Å². The van der Waals surface area contributed by atoms with Gasteiger partial charge in [0.15, 0.2) is 0 Å². The lowest BCUT2D eigenvalue weighted by molar-refractivity contribution is -0.140. The second-order valence-electron chi connectivity index (χ2n) is 3.90. The van der Waals surface area contributed by atoms with Gasteiger partial charge in [0.25, 0.3) is 0 Å². The summed E-state index contributed by atoms with van der Waals surface area (Å²) in [5, 5.41) is 0. The zero-order valence-electron chi connectivity index (χ0n) is 10.4. The molecule has 0 atom stereocenters. The summed E-state index contributed by atoms with van der Waals surface area (Å²) in [5.41, 5.74) is 2.19. The normalized spacial score (nSPS) is 10.1. The van der Waals surface area contributed by atoms with E-state index in [1.54, 1.807) is 0 Å². The van der Waals surface area contributed by atoms with Gasteiger partial charge in [0.1, 0.15) is 5.75 Å². The topological polar surface area (TPSA) is 35.5 Å². The summed E-state index contributed by atoms with van der Waals surface area (Å²) in [6.07, 6.45) is 1.06. The summed E-state index contributed by atoms with van der Waals surface area (Å²) < 4.78 is 11.3. The first kappa shape index (κ1) is 14.0. The number of hydrogen-bond acceptors (Lipinski definition) is 3. The third kappa shape index (κ3) is 4.38. The van der Waals surface area contributed by atoms with Crippen LogP contribution in [-0.4, -0.2) is 19.7 Å². The highest BCUT2D eigenvalue weighted by Gasteiger charge is 2.06. The van der Waals surface area contributed by atoms with Crippen molar-refractivity contribution in [3.63, 3.8) is 0 Å². The number of carbonyl (C=O) groups excluding carboxylic acids is 1. The molecule has 0 amide bonds. The number of benzene rings is 1. The number of methoxy groups -OCH3 is 1. The maximum atomic E-state index is 10.9. The summed E-state index contributed by atoms with van der Waals surface area (Å²) >= 11 is 3.44. The van der Waals surface area contributed by atoms with Crippen molar-refractivity contribution in [2.45, 2.75) is 26.7 Å². The van der Waals surface area contributed by atoms with Gasteiger partial charge in [0.2, 0.25) is 0 Å². The predicted octanol–water partition coefficient (Wildman–Crippen LogP) is 3.40. The van der Waals surface area contributed by atoms with E-state index in [0.717, 1.165) is 21.3 Å². The molecule has 0 aliphatic heterocycles. The van der Waals surface area contributed by atoms with Crippen molar-refractivity contribution in [2.75, 3.05) is 13.7 Å². The molecule has 1 aromatic rings. The average Bonchev–Trinajstić information content (AvgIpc) is 2.26. The molecule has 0 N–H and O–H groups in total. The summed E-state index contributed by atoms with van der Waals surface area (Å²) in [6, 6.07) is 4.03. The Bertz CT molecular complexity index is 379. The highest BCUT2D eigenvalue weighted by atomic mass is 79.9. The molecular formula is C13H17BrO3. The summed E-state index contributed by atoms with van der Waals surface area (Å²) in [7, 11) is 1.40. The largest absolute Gasteiger partial charge is 0.493 e. The van der Waals surface area contributed by atoms with E-state index in [2.05, 4.69) is 20.7 Å². The lowest BCUT2D eigenvalue weighted by Crippen LogP contribution is -2.05. The molecule has 0 aromatic heterocycles. The Morgan fingerprint density at radius 3 is 2.41 bits per heavy atom. The van der Waals surface area contributed by atoms with Crippen LogP contribution in [0.15, 0.2) is 16.6 Å².